The first-order valence-electron chi connectivity index (χ1n) is 10.7. The van der Waals surface area contributed by atoms with E-state index in [-0.39, 0.29) is 22.8 Å². The van der Waals surface area contributed by atoms with Crippen LogP contribution < -0.4 is 16.2 Å². The molecule has 4 unspecified atom stereocenters. The van der Waals surface area contributed by atoms with Crippen molar-refractivity contribution >= 4 is 11.6 Å². The number of nitro groups is 1. The molecule has 4 atom stereocenters. The van der Waals surface area contributed by atoms with Crippen molar-refractivity contribution in [2.24, 2.45) is 5.92 Å². The zero-order chi connectivity index (χ0) is 20.7. The number of fused-ring (bicyclic) bond motifs is 2. The molecule has 2 aliphatic heterocycles. The monoisotopic (exact) mass is 410 g/mol. The number of hydrogen-bond donors (Lipinski definition) is 3. The van der Waals surface area contributed by atoms with Gasteiger partial charge in [0.2, 0.25) is 11.9 Å². The molecule has 0 spiro atoms. The van der Waals surface area contributed by atoms with Gasteiger partial charge < -0.3 is 9.88 Å². The number of benzene rings is 1. The molecular formula is C21H26N6O3. The zero-order valence-corrected chi connectivity index (χ0v) is 16.7. The minimum absolute atomic E-state index is 0.0859. The average molecular weight is 410 g/mol. The Morgan fingerprint density at radius 2 is 2.17 bits per heavy atom. The van der Waals surface area contributed by atoms with E-state index in [0.717, 1.165) is 30.0 Å². The lowest BCUT2D eigenvalue weighted by Crippen LogP contribution is -2.44. The van der Waals surface area contributed by atoms with Crippen LogP contribution >= 0.6 is 0 Å². The first-order chi connectivity index (χ1) is 14.6. The lowest BCUT2D eigenvalue weighted by atomic mass is 9.79. The molecule has 2 fully saturated rings. The first-order valence-corrected chi connectivity index (χ1v) is 10.7. The van der Waals surface area contributed by atoms with Crippen molar-refractivity contribution in [3.8, 4) is 11.3 Å². The molecule has 0 bridgehead atoms. The highest BCUT2D eigenvalue weighted by atomic mass is 16.6. The van der Waals surface area contributed by atoms with Gasteiger partial charge in [-0.3, -0.25) is 20.3 Å². The Morgan fingerprint density at radius 3 is 3.00 bits per heavy atom. The quantitative estimate of drug-likeness (QED) is 0.525. The van der Waals surface area contributed by atoms with E-state index in [1.54, 1.807) is 0 Å². The van der Waals surface area contributed by atoms with Crippen LogP contribution in [-0.4, -0.2) is 38.5 Å². The van der Waals surface area contributed by atoms with Crippen LogP contribution in [0.15, 0.2) is 30.5 Å². The molecule has 9 nitrogen and oxygen atoms in total. The van der Waals surface area contributed by atoms with Crippen LogP contribution in [0.3, 0.4) is 0 Å². The molecule has 2 aromatic rings. The molecule has 0 radical (unpaired) electrons. The number of amides is 1. The highest BCUT2D eigenvalue weighted by molar-refractivity contribution is 5.95. The maximum absolute atomic E-state index is 12.9. The Balaban J connectivity index is 1.30. The predicted octanol–water partition coefficient (Wildman–Crippen LogP) is 2.12. The van der Waals surface area contributed by atoms with Gasteiger partial charge in [-0.25, -0.2) is 10.4 Å². The van der Waals surface area contributed by atoms with Gasteiger partial charge in [0.05, 0.1) is 5.69 Å². The first kappa shape index (κ1) is 19.2. The molecule has 3 heterocycles. The molecule has 1 saturated heterocycles. The van der Waals surface area contributed by atoms with E-state index in [2.05, 4.69) is 26.9 Å². The second kappa shape index (κ2) is 7.81. The number of nitrogens with zero attached hydrogens (tertiary/aromatic N) is 3. The number of carbonyl (C=O) groups is 1. The third kappa shape index (κ3) is 3.59. The molecule has 3 N–H and O–H groups in total. The number of hydrazine groups is 1. The summed E-state index contributed by atoms with van der Waals surface area (Å²) in [6.45, 7) is 1.01. The van der Waals surface area contributed by atoms with Gasteiger partial charge in [0.25, 0.3) is 0 Å². The van der Waals surface area contributed by atoms with E-state index >= 15 is 0 Å². The summed E-state index contributed by atoms with van der Waals surface area (Å²) in [4.78, 5) is 28.7. The van der Waals surface area contributed by atoms with Crippen molar-refractivity contribution in [1.82, 2.24) is 20.4 Å². The van der Waals surface area contributed by atoms with Crippen LogP contribution in [0.25, 0.3) is 11.3 Å². The number of imidazole rings is 1. The lowest BCUT2D eigenvalue weighted by molar-refractivity contribution is -0.528. The fraction of sp³-hybridized carbons (Fsp3) is 0.524. The standard InChI is InChI=1S/C21H26N6O3/c28-21(20-16-11-15(27(29)30)7-8-17(16)24-25-20)22-14-5-3-4-13(10-14)18-12-26-9-2-1-6-19(26)23-18/h3-5,10,12,15-17,20,24-25H,1-2,6-9,11H2,(H,22,28). The van der Waals surface area contributed by atoms with E-state index < -0.39 is 12.1 Å². The third-order valence-electron chi connectivity index (χ3n) is 6.64. The second-order valence-electron chi connectivity index (χ2n) is 8.55. The topological polar surface area (TPSA) is 114 Å². The van der Waals surface area contributed by atoms with Crippen LogP contribution in [0.4, 0.5) is 5.69 Å². The fourth-order valence-corrected chi connectivity index (χ4v) is 5.01. The van der Waals surface area contributed by atoms with Gasteiger partial charge in [0.15, 0.2) is 0 Å². The molecule has 1 amide bonds. The van der Waals surface area contributed by atoms with Crippen molar-refractivity contribution < 1.29 is 9.72 Å². The molecule has 158 valence electrons. The molecule has 1 aromatic carbocycles. The van der Waals surface area contributed by atoms with Crippen LogP contribution in [0.1, 0.15) is 37.9 Å². The SMILES string of the molecule is O=C(Nc1cccc(-c2cn3c(n2)CCCC3)c1)C1NNC2CCC([N+](=O)[O-])CC21. The summed E-state index contributed by atoms with van der Waals surface area (Å²) in [5.41, 5.74) is 8.80. The minimum Gasteiger partial charge on any atom is -0.334 e. The summed E-state index contributed by atoms with van der Waals surface area (Å²) >= 11 is 0. The number of hydrogen-bond acceptors (Lipinski definition) is 6. The highest BCUT2D eigenvalue weighted by Crippen LogP contribution is 2.32. The Hall–Kier alpha value is -2.78. The van der Waals surface area contributed by atoms with Crippen molar-refractivity contribution in [2.75, 3.05) is 5.32 Å². The van der Waals surface area contributed by atoms with Crippen LogP contribution in [-0.2, 0) is 17.8 Å². The van der Waals surface area contributed by atoms with Gasteiger partial charge in [0, 0.05) is 60.1 Å². The van der Waals surface area contributed by atoms with Crippen molar-refractivity contribution in [3.63, 3.8) is 0 Å². The maximum Gasteiger partial charge on any atom is 0.243 e. The van der Waals surface area contributed by atoms with Crippen LogP contribution in [0.2, 0.25) is 0 Å². The summed E-state index contributed by atoms with van der Waals surface area (Å²) in [5, 5.41) is 14.2. The summed E-state index contributed by atoms with van der Waals surface area (Å²) < 4.78 is 2.22. The molecule has 9 heteroatoms. The van der Waals surface area contributed by atoms with Gasteiger partial charge in [-0.15, -0.1) is 0 Å². The van der Waals surface area contributed by atoms with E-state index in [1.165, 1.54) is 12.8 Å². The summed E-state index contributed by atoms with van der Waals surface area (Å²) in [5.74, 6) is 0.869. The summed E-state index contributed by atoms with van der Waals surface area (Å²) in [7, 11) is 0. The highest BCUT2D eigenvalue weighted by Gasteiger charge is 2.46. The lowest BCUT2D eigenvalue weighted by Gasteiger charge is -2.28. The number of rotatable bonds is 4. The van der Waals surface area contributed by atoms with Gasteiger partial charge in [0.1, 0.15) is 11.9 Å². The normalized spacial score (nSPS) is 27.9. The number of nitrogens with one attached hydrogen (secondary N) is 3. The summed E-state index contributed by atoms with van der Waals surface area (Å²) in [6.07, 6.45) is 7.11. The average Bonchev–Trinajstić information content (AvgIpc) is 3.37. The summed E-state index contributed by atoms with van der Waals surface area (Å²) in [6, 6.07) is 6.75. The van der Waals surface area contributed by atoms with E-state index in [0.29, 0.717) is 24.9 Å². The van der Waals surface area contributed by atoms with Gasteiger partial charge in [-0.05, 0) is 31.4 Å². The smallest absolute Gasteiger partial charge is 0.243 e. The minimum atomic E-state index is -0.571. The molecule has 1 aliphatic carbocycles. The largest absolute Gasteiger partial charge is 0.334 e. The number of aryl methyl sites for hydroxylation is 2. The predicted molar refractivity (Wildman–Crippen MR) is 111 cm³/mol. The van der Waals surface area contributed by atoms with Crippen LogP contribution in [0.5, 0.6) is 0 Å². The second-order valence-corrected chi connectivity index (χ2v) is 8.55. The Bertz CT molecular complexity index is 950. The van der Waals surface area contributed by atoms with E-state index in [1.807, 2.05) is 24.3 Å². The molecule has 30 heavy (non-hydrogen) atoms. The third-order valence-corrected chi connectivity index (χ3v) is 6.64. The van der Waals surface area contributed by atoms with Gasteiger partial charge >= 0.3 is 0 Å². The van der Waals surface area contributed by atoms with Gasteiger partial charge in [-0.1, -0.05) is 12.1 Å². The Kier molecular flexibility index (Phi) is 5.00. The molecular weight excluding hydrogens is 384 g/mol. The molecule has 5 rings (SSSR count). The Morgan fingerprint density at radius 1 is 1.27 bits per heavy atom. The van der Waals surface area contributed by atoms with Gasteiger partial charge in [-0.2, -0.15) is 0 Å². The van der Waals surface area contributed by atoms with Crippen molar-refractivity contribution in [3.05, 3.63) is 46.4 Å². The fourth-order valence-electron chi connectivity index (χ4n) is 5.01. The Labute approximate surface area is 174 Å². The number of aromatic nitrogens is 2. The van der Waals surface area contributed by atoms with E-state index in [9.17, 15) is 14.9 Å². The maximum atomic E-state index is 12.9. The number of anilines is 1. The van der Waals surface area contributed by atoms with Crippen molar-refractivity contribution in [1.29, 1.82) is 0 Å². The van der Waals surface area contributed by atoms with Crippen molar-refractivity contribution in [2.45, 2.75) is 63.2 Å². The van der Waals surface area contributed by atoms with Crippen LogP contribution in [0, 0.1) is 16.0 Å². The zero-order valence-electron chi connectivity index (χ0n) is 16.7. The molecule has 1 saturated carbocycles. The number of carbonyl (C=O) groups excluding carboxylic acids is 1. The molecule has 1 aromatic heterocycles. The molecule has 3 aliphatic rings. The van der Waals surface area contributed by atoms with E-state index in [4.69, 9.17) is 4.98 Å².